The Hall–Kier alpha value is -2.85. The minimum absolute atomic E-state index is 0.152. The maximum absolute atomic E-state index is 13.1. The molecule has 0 bridgehead atoms. The zero-order valence-corrected chi connectivity index (χ0v) is 19.9. The molecule has 2 fully saturated rings. The minimum atomic E-state index is -0.597. The molecular formula is C24H29N7O2S. The van der Waals surface area contributed by atoms with Gasteiger partial charge in [-0.1, -0.05) is 12.8 Å². The summed E-state index contributed by atoms with van der Waals surface area (Å²) < 4.78 is 0. The maximum Gasteiger partial charge on any atom is 0.228 e. The summed E-state index contributed by atoms with van der Waals surface area (Å²) in [4.78, 5) is 29.0. The molecule has 4 heterocycles. The van der Waals surface area contributed by atoms with Crippen molar-refractivity contribution in [1.82, 2.24) is 25.1 Å². The molecule has 0 radical (unpaired) electrons. The quantitative estimate of drug-likeness (QED) is 0.468. The lowest BCUT2D eigenvalue weighted by Gasteiger charge is -2.25. The molecule has 0 aromatic carbocycles. The molecule has 1 saturated heterocycles. The van der Waals surface area contributed by atoms with Crippen LogP contribution in [0.4, 0.5) is 17.6 Å². The van der Waals surface area contributed by atoms with Crippen LogP contribution in [-0.4, -0.2) is 48.6 Å². The van der Waals surface area contributed by atoms with Gasteiger partial charge in [-0.25, -0.2) is 9.97 Å². The van der Waals surface area contributed by atoms with Crippen molar-refractivity contribution in [2.75, 3.05) is 16.8 Å². The number of carbonyl (C=O) groups is 1. The van der Waals surface area contributed by atoms with Crippen LogP contribution in [-0.2, 0) is 17.6 Å². The molecule has 9 nitrogen and oxygen atoms in total. The smallest absolute Gasteiger partial charge is 0.228 e. The highest BCUT2D eigenvalue weighted by Gasteiger charge is 2.35. The van der Waals surface area contributed by atoms with Crippen molar-refractivity contribution in [3.05, 3.63) is 39.6 Å². The van der Waals surface area contributed by atoms with Crippen molar-refractivity contribution in [2.24, 2.45) is 0 Å². The predicted molar refractivity (Wildman–Crippen MR) is 130 cm³/mol. The molecule has 34 heavy (non-hydrogen) atoms. The number of Topliss-reactive ketones (excluding diaryl/α,β-unsaturated/α-hetero) is 1. The number of aromatic amines is 1. The lowest BCUT2D eigenvalue weighted by molar-refractivity contribution is -0.119. The van der Waals surface area contributed by atoms with Gasteiger partial charge in [-0.05, 0) is 38.5 Å². The molecule has 2 aliphatic carbocycles. The van der Waals surface area contributed by atoms with Crippen LogP contribution in [0.15, 0.2) is 17.6 Å². The molecule has 0 amide bonds. The summed E-state index contributed by atoms with van der Waals surface area (Å²) in [5, 5.41) is 24.4. The van der Waals surface area contributed by atoms with E-state index in [-0.39, 0.29) is 11.8 Å². The highest BCUT2D eigenvalue weighted by molar-refractivity contribution is 7.09. The number of hydrogen-bond donors (Lipinski definition) is 3. The Kier molecular flexibility index (Phi) is 5.78. The average molecular weight is 480 g/mol. The third kappa shape index (κ3) is 4.09. The molecule has 3 N–H and O–H groups in total. The van der Waals surface area contributed by atoms with Crippen LogP contribution in [0, 0.1) is 0 Å². The van der Waals surface area contributed by atoms with E-state index in [2.05, 4.69) is 26.6 Å². The van der Waals surface area contributed by atoms with Gasteiger partial charge in [0.05, 0.1) is 29.3 Å². The topological polar surface area (TPSA) is 120 Å². The van der Waals surface area contributed by atoms with E-state index < -0.39 is 6.10 Å². The van der Waals surface area contributed by atoms with Crippen molar-refractivity contribution in [1.29, 1.82) is 0 Å². The number of hydrogen-bond acceptors (Lipinski definition) is 9. The van der Waals surface area contributed by atoms with Gasteiger partial charge < -0.3 is 15.3 Å². The second kappa shape index (κ2) is 9.07. The average Bonchev–Trinajstić information content (AvgIpc) is 3.65. The van der Waals surface area contributed by atoms with Gasteiger partial charge >= 0.3 is 0 Å². The third-order valence-electron chi connectivity index (χ3n) is 7.33. The van der Waals surface area contributed by atoms with Crippen LogP contribution in [0.1, 0.15) is 78.9 Å². The van der Waals surface area contributed by atoms with Crippen molar-refractivity contribution < 1.29 is 9.90 Å². The number of rotatable bonds is 7. The van der Waals surface area contributed by atoms with Crippen LogP contribution < -0.4 is 10.2 Å². The number of anilines is 3. The zero-order chi connectivity index (χ0) is 23.1. The fraction of sp³-hybridized carbons (Fsp3) is 0.542. The minimum Gasteiger partial charge on any atom is -0.388 e. The standard InChI is InChI=1S/C24H29N7O2S/c32-18-8-7-15-22(18)23(27-20-12-16(29-30-20)14-4-1-2-5-14)28-24(26-15)31-10-3-6-17(31)19(33)13-21-25-9-11-34-21/h9,11-12,14,17-18,32H,1-8,10,13H2,(H2,26,27,28,29,30). The SMILES string of the molecule is O=C(Cc1nccs1)C1CCCN1c1nc2c(c(Nc3cc(C4CCCC4)[nH]n3)n1)C(O)CC2. The summed E-state index contributed by atoms with van der Waals surface area (Å²) in [5.74, 6) is 2.53. The fourth-order valence-corrected chi connectivity index (χ4v) is 6.23. The molecule has 2 unspecified atom stereocenters. The van der Waals surface area contributed by atoms with Gasteiger partial charge in [0, 0.05) is 41.4 Å². The van der Waals surface area contributed by atoms with E-state index in [0.29, 0.717) is 42.8 Å². The van der Waals surface area contributed by atoms with Gasteiger partial charge in [0.25, 0.3) is 0 Å². The molecule has 10 heteroatoms. The first-order valence-corrected chi connectivity index (χ1v) is 13.1. The molecule has 0 spiro atoms. The summed E-state index contributed by atoms with van der Waals surface area (Å²) in [6.07, 6.45) is 9.43. The molecular weight excluding hydrogens is 450 g/mol. The molecule has 3 aliphatic rings. The molecule has 178 valence electrons. The Morgan fingerprint density at radius 2 is 2.09 bits per heavy atom. The number of carbonyl (C=O) groups excluding carboxylic acids is 1. The number of nitrogens with zero attached hydrogens (tertiary/aromatic N) is 5. The Labute approximate surface area is 202 Å². The first kappa shape index (κ1) is 21.7. The lowest BCUT2D eigenvalue weighted by atomic mass is 10.0. The molecule has 1 saturated carbocycles. The summed E-state index contributed by atoms with van der Waals surface area (Å²) >= 11 is 1.51. The monoisotopic (exact) mass is 479 g/mol. The molecule has 2 atom stereocenters. The lowest BCUT2D eigenvalue weighted by Crippen LogP contribution is -2.38. The normalized spacial score (nSPS) is 22.4. The van der Waals surface area contributed by atoms with Gasteiger partial charge in [0.15, 0.2) is 11.6 Å². The van der Waals surface area contributed by atoms with E-state index in [1.807, 2.05) is 10.3 Å². The number of aliphatic hydroxyl groups excluding tert-OH is 1. The zero-order valence-electron chi connectivity index (χ0n) is 19.0. The number of fused-ring (bicyclic) bond motifs is 1. The predicted octanol–water partition coefficient (Wildman–Crippen LogP) is 3.82. The Morgan fingerprint density at radius 3 is 2.91 bits per heavy atom. The molecule has 6 rings (SSSR count). The Morgan fingerprint density at radius 1 is 1.21 bits per heavy atom. The van der Waals surface area contributed by atoms with Gasteiger partial charge in [-0.2, -0.15) is 10.1 Å². The van der Waals surface area contributed by atoms with E-state index in [4.69, 9.17) is 9.97 Å². The Bertz CT molecular complexity index is 1170. The number of ketones is 1. The van der Waals surface area contributed by atoms with Gasteiger partial charge in [0.1, 0.15) is 5.82 Å². The summed E-state index contributed by atoms with van der Waals surface area (Å²) in [5.41, 5.74) is 2.75. The van der Waals surface area contributed by atoms with Crippen LogP contribution >= 0.6 is 11.3 Å². The van der Waals surface area contributed by atoms with Gasteiger partial charge in [-0.15, -0.1) is 11.3 Å². The largest absolute Gasteiger partial charge is 0.388 e. The van der Waals surface area contributed by atoms with E-state index in [0.717, 1.165) is 41.3 Å². The van der Waals surface area contributed by atoms with E-state index in [1.165, 1.54) is 37.0 Å². The van der Waals surface area contributed by atoms with Crippen molar-refractivity contribution in [3.63, 3.8) is 0 Å². The van der Waals surface area contributed by atoms with E-state index in [1.54, 1.807) is 6.20 Å². The number of nitrogens with one attached hydrogen (secondary N) is 2. The first-order chi connectivity index (χ1) is 16.7. The molecule has 1 aliphatic heterocycles. The highest BCUT2D eigenvalue weighted by atomic mass is 32.1. The van der Waals surface area contributed by atoms with E-state index in [9.17, 15) is 9.90 Å². The van der Waals surface area contributed by atoms with Crippen LogP contribution in [0.3, 0.4) is 0 Å². The molecule has 3 aromatic heterocycles. The number of thiazole rings is 1. The van der Waals surface area contributed by atoms with Crippen molar-refractivity contribution in [2.45, 2.75) is 75.9 Å². The number of aromatic nitrogens is 5. The summed E-state index contributed by atoms with van der Waals surface area (Å²) in [7, 11) is 0. The van der Waals surface area contributed by atoms with Crippen LogP contribution in [0.5, 0.6) is 0 Å². The molecule has 3 aromatic rings. The van der Waals surface area contributed by atoms with Gasteiger partial charge in [-0.3, -0.25) is 9.89 Å². The van der Waals surface area contributed by atoms with E-state index >= 15 is 0 Å². The summed E-state index contributed by atoms with van der Waals surface area (Å²) in [6, 6.07) is 1.81. The number of H-pyrrole nitrogens is 1. The fourth-order valence-electron chi connectivity index (χ4n) is 5.60. The Balaban J connectivity index is 1.28. The number of aliphatic hydroxyl groups is 1. The highest BCUT2D eigenvalue weighted by Crippen LogP contribution is 2.39. The van der Waals surface area contributed by atoms with Crippen molar-refractivity contribution in [3.8, 4) is 0 Å². The summed E-state index contributed by atoms with van der Waals surface area (Å²) in [6.45, 7) is 0.739. The van der Waals surface area contributed by atoms with Crippen LogP contribution in [0.25, 0.3) is 0 Å². The second-order valence-corrected chi connectivity index (χ2v) is 10.5. The first-order valence-electron chi connectivity index (χ1n) is 12.2. The van der Waals surface area contributed by atoms with Crippen LogP contribution in [0.2, 0.25) is 0 Å². The van der Waals surface area contributed by atoms with Gasteiger partial charge in [0.2, 0.25) is 5.95 Å². The van der Waals surface area contributed by atoms with Crippen molar-refractivity contribution >= 4 is 34.7 Å². The second-order valence-electron chi connectivity index (χ2n) is 9.52. The number of aryl methyl sites for hydroxylation is 1. The maximum atomic E-state index is 13.1. The third-order valence-corrected chi connectivity index (χ3v) is 8.11.